The van der Waals surface area contributed by atoms with Gasteiger partial charge in [-0.2, -0.15) is 13.2 Å². The Kier molecular flexibility index (Phi) is 2.57. The molecule has 2 nitrogen and oxygen atoms in total. The minimum Gasteiger partial charge on any atom is -0.303 e. The highest BCUT2D eigenvalue weighted by Gasteiger charge is 2.36. The van der Waals surface area contributed by atoms with Crippen LogP contribution in [0.2, 0.25) is 0 Å². The topological polar surface area (TPSA) is 22.0 Å². The van der Waals surface area contributed by atoms with Gasteiger partial charge in [-0.3, -0.25) is 4.79 Å². The van der Waals surface area contributed by atoms with Gasteiger partial charge >= 0.3 is 6.18 Å². The van der Waals surface area contributed by atoms with Crippen LogP contribution in [0.1, 0.15) is 16.0 Å². The number of alkyl halides is 3. The first-order valence-corrected chi connectivity index (χ1v) is 5.72. The van der Waals surface area contributed by atoms with E-state index >= 15 is 0 Å². The smallest absolute Gasteiger partial charge is 0.303 e. The zero-order valence-electron chi connectivity index (χ0n) is 9.47. The Labute approximate surface area is 99.3 Å². The van der Waals surface area contributed by atoms with Gasteiger partial charge in [0.25, 0.3) is 5.56 Å². The first-order valence-electron chi connectivity index (χ1n) is 4.90. The summed E-state index contributed by atoms with van der Waals surface area (Å²) in [5.74, 6) is 0. The number of aromatic nitrogens is 1. The average Bonchev–Trinajstić information content (AvgIpc) is 2.54. The SMILES string of the molecule is Cc1cc2c(C(F)(F)F)c(C)c(=O)n(C)c2s1. The molecule has 0 saturated carbocycles. The van der Waals surface area contributed by atoms with E-state index in [1.54, 1.807) is 6.92 Å². The number of halogens is 3. The van der Waals surface area contributed by atoms with Crippen LogP contribution in [0.15, 0.2) is 10.9 Å². The fourth-order valence-corrected chi connectivity index (χ4v) is 2.92. The summed E-state index contributed by atoms with van der Waals surface area (Å²) in [7, 11) is 1.49. The summed E-state index contributed by atoms with van der Waals surface area (Å²) in [5, 5.41) is 0.111. The summed E-state index contributed by atoms with van der Waals surface area (Å²) in [4.78, 5) is 12.9. The van der Waals surface area contributed by atoms with Crippen molar-refractivity contribution >= 4 is 21.6 Å². The zero-order valence-corrected chi connectivity index (χ0v) is 10.3. The van der Waals surface area contributed by atoms with Gasteiger partial charge < -0.3 is 4.57 Å². The molecule has 0 fully saturated rings. The van der Waals surface area contributed by atoms with Gasteiger partial charge in [0.15, 0.2) is 0 Å². The Hall–Kier alpha value is -1.30. The highest BCUT2D eigenvalue weighted by Crippen LogP contribution is 2.38. The molecule has 92 valence electrons. The van der Waals surface area contributed by atoms with Gasteiger partial charge in [0.2, 0.25) is 0 Å². The lowest BCUT2D eigenvalue weighted by Crippen LogP contribution is -2.24. The predicted octanol–water partition coefficient (Wildman–Crippen LogP) is 3.24. The van der Waals surface area contributed by atoms with E-state index in [-0.39, 0.29) is 10.9 Å². The third kappa shape index (κ3) is 1.76. The van der Waals surface area contributed by atoms with E-state index in [1.807, 2.05) is 0 Å². The summed E-state index contributed by atoms with van der Waals surface area (Å²) >= 11 is 1.19. The normalized spacial score (nSPS) is 12.4. The summed E-state index contributed by atoms with van der Waals surface area (Å²) in [6.07, 6.45) is -4.50. The van der Waals surface area contributed by atoms with Crippen LogP contribution in [-0.4, -0.2) is 4.57 Å². The molecule has 0 radical (unpaired) electrons. The summed E-state index contributed by atoms with van der Waals surface area (Å²) < 4.78 is 40.1. The van der Waals surface area contributed by atoms with Crippen LogP contribution in [-0.2, 0) is 13.2 Å². The molecule has 2 rings (SSSR count). The van der Waals surface area contributed by atoms with Crippen molar-refractivity contribution in [3.63, 3.8) is 0 Å². The van der Waals surface area contributed by atoms with E-state index < -0.39 is 17.3 Å². The molecular formula is C11H10F3NOS. The Bertz CT molecular complexity index is 651. The highest BCUT2D eigenvalue weighted by atomic mass is 32.1. The van der Waals surface area contributed by atoms with Crippen LogP contribution in [0.3, 0.4) is 0 Å². The summed E-state index contributed by atoms with van der Waals surface area (Å²) in [5.41, 5.74) is -1.64. The molecule has 0 atom stereocenters. The van der Waals surface area contributed by atoms with Gasteiger partial charge in [-0.1, -0.05) is 0 Å². The van der Waals surface area contributed by atoms with Gasteiger partial charge in [-0.25, -0.2) is 0 Å². The van der Waals surface area contributed by atoms with Crippen molar-refractivity contribution in [2.24, 2.45) is 7.05 Å². The molecule has 0 aromatic carbocycles. The third-order valence-electron chi connectivity index (χ3n) is 2.69. The maximum Gasteiger partial charge on any atom is 0.417 e. The molecule has 6 heteroatoms. The van der Waals surface area contributed by atoms with Crippen LogP contribution in [0, 0.1) is 13.8 Å². The monoisotopic (exact) mass is 261 g/mol. The van der Waals surface area contributed by atoms with Gasteiger partial charge in [0, 0.05) is 22.9 Å². The standard InChI is InChI=1S/C11H10F3NOS/c1-5-4-7-8(11(12,13)14)6(2)9(16)15(3)10(7)17-5/h4H,1-3H3. The predicted molar refractivity (Wildman–Crippen MR) is 61.5 cm³/mol. The fourth-order valence-electron chi connectivity index (χ4n) is 1.95. The van der Waals surface area contributed by atoms with Gasteiger partial charge in [0.1, 0.15) is 4.83 Å². The van der Waals surface area contributed by atoms with Crippen molar-refractivity contribution in [2.75, 3.05) is 0 Å². The van der Waals surface area contributed by atoms with E-state index in [0.717, 1.165) is 4.88 Å². The molecule has 0 N–H and O–H groups in total. The Morgan fingerprint density at radius 3 is 2.41 bits per heavy atom. The Balaban J connectivity index is 3.06. The number of aryl methyl sites for hydroxylation is 2. The van der Waals surface area contributed by atoms with Crippen molar-refractivity contribution in [1.82, 2.24) is 4.57 Å². The minimum atomic E-state index is -4.50. The number of fused-ring (bicyclic) bond motifs is 1. The van der Waals surface area contributed by atoms with Crippen molar-refractivity contribution in [3.8, 4) is 0 Å². The van der Waals surface area contributed by atoms with Crippen molar-refractivity contribution in [1.29, 1.82) is 0 Å². The number of nitrogens with zero attached hydrogens (tertiary/aromatic N) is 1. The number of rotatable bonds is 0. The maximum atomic E-state index is 13.0. The van der Waals surface area contributed by atoms with E-state index in [0.29, 0.717) is 4.83 Å². The summed E-state index contributed by atoms with van der Waals surface area (Å²) in [6, 6.07) is 1.48. The van der Waals surface area contributed by atoms with E-state index in [1.165, 1.54) is 35.9 Å². The molecule has 0 aliphatic rings. The van der Waals surface area contributed by atoms with Gasteiger partial charge in [-0.05, 0) is 19.9 Å². The number of thiophene rings is 1. The molecule has 2 aromatic heterocycles. The number of hydrogen-bond donors (Lipinski definition) is 0. The zero-order chi connectivity index (χ0) is 13.0. The Morgan fingerprint density at radius 2 is 1.88 bits per heavy atom. The second-order valence-corrected chi connectivity index (χ2v) is 5.17. The molecule has 2 aromatic rings. The minimum absolute atomic E-state index is 0.111. The molecule has 2 heterocycles. The van der Waals surface area contributed by atoms with Crippen LogP contribution in [0.25, 0.3) is 10.2 Å². The first kappa shape index (κ1) is 12.2. The van der Waals surface area contributed by atoms with E-state index in [2.05, 4.69) is 0 Å². The van der Waals surface area contributed by atoms with E-state index in [4.69, 9.17) is 0 Å². The van der Waals surface area contributed by atoms with Gasteiger partial charge in [0.05, 0.1) is 5.56 Å². The molecular weight excluding hydrogens is 251 g/mol. The van der Waals surface area contributed by atoms with Crippen LogP contribution >= 0.6 is 11.3 Å². The van der Waals surface area contributed by atoms with Crippen molar-refractivity contribution in [2.45, 2.75) is 20.0 Å². The fraction of sp³-hybridized carbons (Fsp3) is 0.364. The Morgan fingerprint density at radius 1 is 1.29 bits per heavy atom. The molecule has 0 bridgehead atoms. The molecule has 0 saturated heterocycles. The van der Waals surface area contributed by atoms with E-state index in [9.17, 15) is 18.0 Å². The molecule has 0 aliphatic heterocycles. The molecule has 0 aliphatic carbocycles. The molecule has 17 heavy (non-hydrogen) atoms. The summed E-state index contributed by atoms with van der Waals surface area (Å²) in [6.45, 7) is 2.95. The van der Waals surface area contributed by atoms with Crippen molar-refractivity contribution < 1.29 is 13.2 Å². The lowest BCUT2D eigenvalue weighted by molar-refractivity contribution is -0.136. The van der Waals surface area contributed by atoms with Crippen molar-refractivity contribution in [3.05, 3.63) is 32.4 Å². The maximum absolute atomic E-state index is 13.0. The molecule has 0 amide bonds. The molecule has 0 unspecified atom stereocenters. The third-order valence-corrected chi connectivity index (χ3v) is 3.82. The first-order chi connectivity index (χ1) is 7.73. The largest absolute Gasteiger partial charge is 0.417 e. The number of hydrogen-bond acceptors (Lipinski definition) is 2. The second-order valence-electron chi connectivity index (χ2n) is 3.94. The quantitative estimate of drug-likeness (QED) is 0.713. The van der Waals surface area contributed by atoms with Gasteiger partial charge in [-0.15, -0.1) is 11.3 Å². The average molecular weight is 261 g/mol. The lowest BCUT2D eigenvalue weighted by atomic mass is 10.1. The lowest BCUT2D eigenvalue weighted by Gasteiger charge is -2.13. The second kappa shape index (κ2) is 3.60. The van der Waals surface area contributed by atoms with Crippen LogP contribution < -0.4 is 5.56 Å². The van der Waals surface area contributed by atoms with Crippen LogP contribution in [0.5, 0.6) is 0 Å². The highest BCUT2D eigenvalue weighted by molar-refractivity contribution is 7.18. The number of pyridine rings is 1. The van der Waals surface area contributed by atoms with Crippen LogP contribution in [0.4, 0.5) is 13.2 Å². The molecule has 0 spiro atoms.